The van der Waals surface area contributed by atoms with Crippen LogP contribution in [0.2, 0.25) is 0 Å². The Hall–Kier alpha value is -3.96. The van der Waals surface area contributed by atoms with Crippen LogP contribution in [0.1, 0.15) is 92.6 Å². The molecule has 356 valence electrons. The number of carbonyl (C=O) groups excluding carboxylic acids is 5. The van der Waals surface area contributed by atoms with Gasteiger partial charge in [-0.25, -0.2) is 0 Å². The van der Waals surface area contributed by atoms with E-state index in [0.717, 1.165) is 18.4 Å². The van der Waals surface area contributed by atoms with Gasteiger partial charge in [-0.2, -0.15) is 0 Å². The van der Waals surface area contributed by atoms with E-state index in [-0.39, 0.29) is 48.3 Å². The van der Waals surface area contributed by atoms with Crippen LogP contribution in [-0.2, 0) is 49.4 Å². The van der Waals surface area contributed by atoms with Crippen molar-refractivity contribution in [3.8, 4) is 0 Å². The van der Waals surface area contributed by atoms with E-state index in [1.165, 1.54) is 0 Å². The summed E-state index contributed by atoms with van der Waals surface area (Å²) in [5.41, 5.74) is 0.921. The fourth-order valence-corrected chi connectivity index (χ4v) is 9.59. The summed E-state index contributed by atoms with van der Waals surface area (Å²) in [6, 6.07) is 6.59. The lowest BCUT2D eigenvalue weighted by molar-refractivity contribution is -0.145. The van der Waals surface area contributed by atoms with Gasteiger partial charge in [0.1, 0.15) is 6.04 Å². The maximum Gasteiger partial charge on any atom is 0.303 e. The highest BCUT2D eigenvalue weighted by Gasteiger charge is 2.44. The van der Waals surface area contributed by atoms with Crippen molar-refractivity contribution in [3.63, 3.8) is 0 Å². The van der Waals surface area contributed by atoms with Gasteiger partial charge in [0, 0.05) is 52.7 Å². The summed E-state index contributed by atoms with van der Waals surface area (Å²) < 4.78 is 17.6. The average Bonchev–Trinajstić information content (AvgIpc) is 3.73. The Morgan fingerprint density at radius 2 is 1.49 bits per heavy atom. The number of hydrogen-bond donors (Lipinski definition) is 3. The number of nitrogens with zero attached hydrogens (tertiary/aromatic N) is 4. The van der Waals surface area contributed by atoms with Crippen LogP contribution < -0.4 is 10.6 Å². The molecule has 0 aromatic heterocycles. The highest BCUT2D eigenvalue weighted by molar-refractivity contribution is 6.00. The molecular weight excluding hydrogens is 809 g/mol. The molecule has 9 atom stereocenters. The number of benzene rings is 1. The average molecular weight is 887 g/mol. The summed E-state index contributed by atoms with van der Waals surface area (Å²) in [4.78, 5) is 88.6. The molecule has 0 bridgehead atoms. The minimum Gasteiger partial charge on any atom is -0.481 e. The molecule has 16 nitrogen and oxygen atoms in total. The summed E-state index contributed by atoms with van der Waals surface area (Å²) in [5.74, 6) is -3.55. The van der Waals surface area contributed by atoms with E-state index in [4.69, 9.17) is 19.3 Å². The van der Waals surface area contributed by atoms with Gasteiger partial charge in [0.25, 0.3) is 0 Å². The maximum atomic E-state index is 14.5. The Morgan fingerprint density at radius 3 is 2.05 bits per heavy atom. The number of carboxylic acids is 1. The smallest absolute Gasteiger partial charge is 0.303 e. The van der Waals surface area contributed by atoms with Crippen molar-refractivity contribution in [2.24, 2.45) is 23.7 Å². The molecule has 1 aromatic rings. The second-order valence-electron chi connectivity index (χ2n) is 18.2. The number of rotatable bonds is 25. The second-order valence-corrected chi connectivity index (χ2v) is 18.2. The van der Waals surface area contributed by atoms with E-state index in [0.29, 0.717) is 58.7 Å². The zero-order valence-corrected chi connectivity index (χ0v) is 39.8. The largest absolute Gasteiger partial charge is 0.481 e. The third kappa shape index (κ3) is 15.1. The Labute approximate surface area is 376 Å². The van der Waals surface area contributed by atoms with Crippen LogP contribution in [0.5, 0.6) is 0 Å². The van der Waals surface area contributed by atoms with Crippen molar-refractivity contribution in [2.75, 3.05) is 67.7 Å². The Balaban J connectivity index is 1.80. The second kappa shape index (κ2) is 26.1. The van der Waals surface area contributed by atoms with E-state index in [9.17, 15) is 28.8 Å². The summed E-state index contributed by atoms with van der Waals surface area (Å²) in [6.07, 6.45) is 1.49. The van der Waals surface area contributed by atoms with Crippen LogP contribution in [0.4, 0.5) is 0 Å². The molecule has 0 saturated carbocycles. The molecule has 63 heavy (non-hydrogen) atoms. The minimum absolute atomic E-state index is 0.0124. The van der Waals surface area contributed by atoms with Crippen molar-refractivity contribution < 1.29 is 48.1 Å². The molecule has 2 aliphatic rings. The summed E-state index contributed by atoms with van der Waals surface area (Å²) in [5, 5.41) is 14.8. The molecule has 16 heteroatoms. The molecule has 2 fully saturated rings. The standard InChI is InChI=1S/C47H78N6O10/c1-12-32(6)42(51(9)41(31(4)5)46(59)49-45(58)40(30(2)3)50(8)22-17-21-39(55)56)37(61-10)29-38(54)53-23-16-20-36(53)43(62-11)33(7)44(57)48-35(28-34-18-14-13-15-19-34)47(60)52-24-26-63-27-25-52/h13-15,18-19,30-33,35-37,40-43H,12,16-17,20-29H2,1-11H3,(H,48,57)(H,55,56)(H,49,58,59)/t32-,33+,35-,36-,37+,40-,41-,42-,43+/m0/s1. The van der Waals surface area contributed by atoms with Gasteiger partial charge in [-0.15, -0.1) is 0 Å². The maximum absolute atomic E-state index is 14.5. The number of amides is 5. The molecule has 5 amide bonds. The SMILES string of the molecule is CC[C@H](C)[C@@H]([C@@H](CC(=O)N1CCC[C@H]1[C@H](OC)[C@@H](C)C(=O)N[C@@H](Cc1ccccc1)C(=O)N1CCOCC1)OC)N(C)[C@H](C(=O)NC(=O)[C@H](C(C)C)N(C)CCCC(=O)O)C(C)C. The normalized spacial score (nSPS) is 19.6. The molecule has 3 rings (SSSR count). The molecule has 0 radical (unpaired) electrons. The van der Waals surface area contributed by atoms with Crippen molar-refractivity contribution in [2.45, 2.75) is 136 Å². The topological polar surface area (TPSA) is 187 Å². The number of likely N-dealkylation sites (N-methyl/N-ethyl adjacent to an activating group) is 2. The van der Waals surface area contributed by atoms with Gasteiger partial charge in [0.2, 0.25) is 29.5 Å². The zero-order valence-electron chi connectivity index (χ0n) is 39.8. The number of methoxy groups -OCH3 is 2. The Morgan fingerprint density at radius 1 is 0.873 bits per heavy atom. The lowest BCUT2D eigenvalue weighted by Gasteiger charge is -2.43. The molecule has 2 saturated heterocycles. The molecule has 2 aliphatic heterocycles. The van der Waals surface area contributed by atoms with Crippen molar-refractivity contribution in [3.05, 3.63) is 35.9 Å². The predicted molar refractivity (Wildman–Crippen MR) is 240 cm³/mol. The first kappa shape index (κ1) is 53.4. The number of imide groups is 1. The summed E-state index contributed by atoms with van der Waals surface area (Å²) in [7, 11) is 6.72. The third-order valence-electron chi connectivity index (χ3n) is 13.0. The van der Waals surface area contributed by atoms with Crippen LogP contribution in [-0.4, -0.2) is 170 Å². The number of carboxylic acid groups (broad SMARTS) is 1. The quantitative estimate of drug-likeness (QED) is 0.130. The number of aliphatic carboxylic acids is 1. The number of morpholine rings is 1. The van der Waals surface area contributed by atoms with Gasteiger partial charge in [0.15, 0.2) is 0 Å². The minimum atomic E-state index is -0.907. The first-order valence-electron chi connectivity index (χ1n) is 22.9. The van der Waals surface area contributed by atoms with Gasteiger partial charge in [-0.1, -0.05) is 85.2 Å². The van der Waals surface area contributed by atoms with Crippen LogP contribution in [0.15, 0.2) is 30.3 Å². The molecule has 1 aromatic carbocycles. The number of ether oxygens (including phenoxy) is 3. The fraction of sp³-hybridized carbons (Fsp3) is 0.745. The fourth-order valence-electron chi connectivity index (χ4n) is 9.59. The van der Waals surface area contributed by atoms with Gasteiger partial charge in [-0.05, 0) is 63.2 Å². The number of hydrogen-bond acceptors (Lipinski definition) is 11. The Kier molecular flexibility index (Phi) is 22.1. The molecule has 0 spiro atoms. The van der Waals surface area contributed by atoms with E-state index >= 15 is 0 Å². The molecule has 3 N–H and O–H groups in total. The zero-order chi connectivity index (χ0) is 47.0. The monoisotopic (exact) mass is 887 g/mol. The number of carbonyl (C=O) groups is 6. The highest BCUT2D eigenvalue weighted by atomic mass is 16.5. The number of likely N-dealkylation sites (tertiary alicyclic amines) is 1. The van der Waals surface area contributed by atoms with E-state index in [1.807, 2.05) is 76.9 Å². The molecule has 2 heterocycles. The van der Waals surface area contributed by atoms with Gasteiger partial charge >= 0.3 is 5.97 Å². The lowest BCUT2D eigenvalue weighted by atomic mass is 9.87. The first-order valence-corrected chi connectivity index (χ1v) is 22.9. The molecular formula is C47H78N6O10. The lowest BCUT2D eigenvalue weighted by Crippen LogP contribution is -2.60. The van der Waals surface area contributed by atoms with Gasteiger partial charge < -0.3 is 34.4 Å². The van der Waals surface area contributed by atoms with Crippen LogP contribution in [0.25, 0.3) is 0 Å². The van der Waals surface area contributed by atoms with Crippen molar-refractivity contribution >= 4 is 35.5 Å². The number of nitrogens with one attached hydrogen (secondary N) is 2. The van der Waals surface area contributed by atoms with Gasteiger partial charge in [-0.3, -0.25) is 43.9 Å². The van der Waals surface area contributed by atoms with Crippen LogP contribution in [0.3, 0.4) is 0 Å². The van der Waals surface area contributed by atoms with Crippen LogP contribution in [0, 0.1) is 23.7 Å². The highest BCUT2D eigenvalue weighted by Crippen LogP contribution is 2.31. The molecule has 0 unspecified atom stereocenters. The summed E-state index contributed by atoms with van der Waals surface area (Å²) in [6.45, 7) is 16.1. The van der Waals surface area contributed by atoms with Gasteiger partial charge in [0.05, 0.1) is 55.9 Å². The van der Waals surface area contributed by atoms with E-state index in [1.54, 1.807) is 42.9 Å². The van der Waals surface area contributed by atoms with Crippen LogP contribution >= 0.6 is 0 Å². The third-order valence-corrected chi connectivity index (χ3v) is 13.0. The predicted octanol–water partition coefficient (Wildman–Crippen LogP) is 3.46. The molecule has 0 aliphatic carbocycles. The van der Waals surface area contributed by atoms with E-state index < -0.39 is 66.1 Å². The Bertz CT molecular complexity index is 1620. The van der Waals surface area contributed by atoms with Crippen molar-refractivity contribution in [1.82, 2.24) is 30.2 Å². The first-order chi connectivity index (χ1) is 29.9. The summed E-state index contributed by atoms with van der Waals surface area (Å²) >= 11 is 0. The van der Waals surface area contributed by atoms with Crippen molar-refractivity contribution in [1.29, 1.82) is 0 Å². The van der Waals surface area contributed by atoms with E-state index in [2.05, 4.69) is 17.6 Å².